The molecular weight excluding hydrogens is 346 g/mol. The van der Waals surface area contributed by atoms with Crippen molar-refractivity contribution >= 4 is 40.9 Å². The molecule has 24 heavy (non-hydrogen) atoms. The zero-order valence-corrected chi connectivity index (χ0v) is 15.0. The predicted octanol–water partition coefficient (Wildman–Crippen LogP) is 4.31. The van der Waals surface area contributed by atoms with Gasteiger partial charge in [0.25, 0.3) is 0 Å². The molecule has 0 saturated heterocycles. The fourth-order valence-electron chi connectivity index (χ4n) is 2.13. The number of anilines is 1. The van der Waals surface area contributed by atoms with Gasteiger partial charge in [-0.15, -0.1) is 11.8 Å². The number of methoxy groups -OCH3 is 1. The Hall–Kier alpha value is -1.98. The monoisotopic (exact) mass is 363 g/mol. The number of hydrogen-bond acceptors (Lipinski definition) is 4. The minimum atomic E-state index is -0.416. The number of benzene rings is 2. The van der Waals surface area contributed by atoms with Crippen molar-refractivity contribution in [2.24, 2.45) is 0 Å². The van der Waals surface area contributed by atoms with E-state index < -0.39 is 5.97 Å². The lowest BCUT2D eigenvalue weighted by Gasteiger charge is -2.11. The molecule has 0 heterocycles. The molecule has 2 aromatic rings. The maximum absolute atomic E-state index is 12.1. The van der Waals surface area contributed by atoms with Crippen LogP contribution in [-0.2, 0) is 15.3 Å². The van der Waals surface area contributed by atoms with Crippen molar-refractivity contribution in [2.75, 3.05) is 18.2 Å². The summed E-state index contributed by atoms with van der Waals surface area (Å²) in [6.07, 6.45) is 0. The fraction of sp³-hybridized carbons (Fsp3) is 0.222. The standard InChI is InChI=1S/C18H18ClNO3S/c1-12-15(18(22)23-2)4-3-5-16(12)20-17(21)11-24-10-13-6-8-14(19)9-7-13/h3-9H,10-11H2,1-2H3,(H,20,21). The molecule has 0 aliphatic rings. The first kappa shape index (κ1) is 18.4. The van der Waals surface area contributed by atoms with E-state index in [1.807, 2.05) is 24.3 Å². The highest BCUT2D eigenvalue weighted by Gasteiger charge is 2.13. The number of carbonyl (C=O) groups is 2. The second kappa shape index (κ2) is 8.76. The molecule has 0 radical (unpaired) electrons. The van der Waals surface area contributed by atoms with Gasteiger partial charge in [0.2, 0.25) is 5.91 Å². The maximum Gasteiger partial charge on any atom is 0.338 e. The van der Waals surface area contributed by atoms with Gasteiger partial charge < -0.3 is 10.1 Å². The van der Waals surface area contributed by atoms with Crippen molar-refractivity contribution in [1.82, 2.24) is 0 Å². The normalized spacial score (nSPS) is 10.3. The van der Waals surface area contributed by atoms with Crippen LogP contribution in [0.5, 0.6) is 0 Å². The smallest absolute Gasteiger partial charge is 0.338 e. The molecule has 0 spiro atoms. The van der Waals surface area contributed by atoms with E-state index in [9.17, 15) is 9.59 Å². The molecule has 126 valence electrons. The van der Waals surface area contributed by atoms with E-state index in [2.05, 4.69) is 5.32 Å². The van der Waals surface area contributed by atoms with Crippen molar-refractivity contribution in [1.29, 1.82) is 0 Å². The summed E-state index contributed by atoms with van der Waals surface area (Å²) in [5, 5.41) is 3.53. The first-order valence-electron chi connectivity index (χ1n) is 7.31. The first-order chi connectivity index (χ1) is 11.5. The summed E-state index contributed by atoms with van der Waals surface area (Å²) in [4.78, 5) is 23.8. The van der Waals surface area contributed by atoms with Crippen molar-refractivity contribution < 1.29 is 14.3 Å². The average Bonchev–Trinajstić information content (AvgIpc) is 2.58. The Morgan fingerprint density at radius 2 is 1.88 bits per heavy atom. The van der Waals surface area contributed by atoms with Crippen LogP contribution in [0.15, 0.2) is 42.5 Å². The van der Waals surface area contributed by atoms with Crippen LogP contribution in [0, 0.1) is 6.92 Å². The number of carbonyl (C=O) groups excluding carboxylic acids is 2. The number of thioether (sulfide) groups is 1. The zero-order chi connectivity index (χ0) is 17.5. The Bertz CT molecular complexity index is 732. The molecule has 6 heteroatoms. The van der Waals surface area contributed by atoms with Gasteiger partial charge in [-0.3, -0.25) is 4.79 Å². The first-order valence-corrected chi connectivity index (χ1v) is 8.84. The Kier molecular flexibility index (Phi) is 6.70. The molecule has 0 atom stereocenters. The largest absolute Gasteiger partial charge is 0.465 e. The van der Waals surface area contributed by atoms with Gasteiger partial charge in [-0.2, -0.15) is 0 Å². The summed E-state index contributed by atoms with van der Waals surface area (Å²) in [7, 11) is 1.33. The van der Waals surface area contributed by atoms with Crippen molar-refractivity contribution in [3.05, 3.63) is 64.2 Å². The van der Waals surface area contributed by atoms with Gasteiger partial charge in [-0.05, 0) is 42.3 Å². The number of amides is 1. The topological polar surface area (TPSA) is 55.4 Å². The van der Waals surface area contributed by atoms with Crippen molar-refractivity contribution in [2.45, 2.75) is 12.7 Å². The molecule has 2 rings (SSSR count). The minimum absolute atomic E-state index is 0.112. The molecule has 1 amide bonds. The van der Waals surface area contributed by atoms with Crippen molar-refractivity contribution in [3.8, 4) is 0 Å². The van der Waals surface area contributed by atoms with Crippen LogP contribution in [0.1, 0.15) is 21.5 Å². The Balaban J connectivity index is 1.90. The third-order valence-electron chi connectivity index (χ3n) is 3.43. The van der Waals surface area contributed by atoms with Gasteiger partial charge in [0.05, 0.1) is 18.4 Å². The maximum atomic E-state index is 12.1. The molecule has 0 aliphatic heterocycles. The second-order valence-electron chi connectivity index (χ2n) is 5.14. The third-order valence-corrected chi connectivity index (χ3v) is 4.68. The number of hydrogen-bond donors (Lipinski definition) is 1. The number of esters is 1. The molecule has 0 unspecified atom stereocenters. The summed E-state index contributed by atoms with van der Waals surface area (Å²) in [6, 6.07) is 12.7. The molecule has 0 bridgehead atoms. The van der Waals surface area contributed by atoms with Crippen molar-refractivity contribution in [3.63, 3.8) is 0 Å². The average molecular weight is 364 g/mol. The van der Waals surface area contributed by atoms with E-state index >= 15 is 0 Å². The van der Waals surface area contributed by atoms with Crippen LogP contribution in [0.2, 0.25) is 5.02 Å². The van der Waals surface area contributed by atoms with E-state index in [1.54, 1.807) is 25.1 Å². The SMILES string of the molecule is COC(=O)c1cccc(NC(=O)CSCc2ccc(Cl)cc2)c1C. The number of ether oxygens (including phenoxy) is 1. The molecule has 1 N–H and O–H groups in total. The van der Waals surface area contributed by atoms with E-state index in [0.29, 0.717) is 27.6 Å². The molecule has 0 saturated carbocycles. The van der Waals surface area contributed by atoms with Gasteiger partial charge in [0, 0.05) is 16.5 Å². The zero-order valence-electron chi connectivity index (χ0n) is 13.5. The van der Waals surface area contributed by atoms with Gasteiger partial charge >= 0.3 is 5.97 Å². The fourth-order valence-corrected chi connectivity index (χ4v) is 3.04. The van der Waals surface area contributed by atoms with Gasteiger partial charge in [0.1, 0.15) is 0 Å². The van der Waals surface area contributed by atoms with Crippen LogP contribution in [0.3, 0.4) is 0 Å². The number of rotatable bonds is 6. The Labute approximate surface area is 150 Å². The Morgan fingerprint density at radius 1 is 1.17 bits per heavy atom. The number of nitrogens with one attached hydrogen (secondary N) is 1. The highest BCUT2D eigenvalue weighted by atomic mass is 35.5. The van der Waals surface area contributed by atoms with Crippen LogP contribution in [0.25, 0.3) is 0 Å². The lowest BCUT2D eigenvalue weighted by Crippen LogP contribution is -2.16. The molecule has 0 fully saturated rings. The second-order valence-corrected chi connectivity index (χ2v) is 6.56. The van der Waals surface area contributed by atoms with Crippen LogP contribution >= 0.6 is 23.4 Å². The third kappa shape index (κ3) is 5.01. The summed E-state index contributed by atoms with van der Waals surface area (Å²) in [5.74, 6) is 0.524. The van der Waals surface area contributed by atoms with Crippen LogP contribution < -0.4 is 5.32 Å². The lowest BCUT2D eigenvalue weighted by molar-refractivity contribution is -0.113. The van der Waals surface area contributed by atoms with E-state index in [0.717, 1.165) is 11.3 Å². The molecule has 4 nitrogen and oxygen atoms in total. The molecule has 2 aromatic carbocycles. The summed E-state index contributed by atoms with van der Waals surface area (Å²) < 4.78 is 4.73. The summed E-state index contributed by atoms with van der Waals surface area (Å²) >= 11 is 7.36. The quantitative estimate of drug-likeness (QED) is 0.777. The van der Waals surface area contributed by atoms with E-state index in [1.165, 1.54) is 18.9 Å². The molecule has 0 aromatic heterocycles. The van der Waals surface area contributed by atoms with Crippen LogP contribution in [-0.4, -0.2) is 24.7 Å². The number of halogens is 1. The minimum Gasteiger partial charge on any atom is -0.465 e. The highest BCUT2D eigenvalue weighted by Crippen LogP contribution is 2.21. The molecular formula is C18H18ClNO3S. The van der Waals surface area contributed by atoms with E-state index in [-0.39, 0.29) is 5.91 Å². The summed E-state index contributed by atoms with van der Waals surface area (Å²) in [6.45, 7) is 1.78. The van der Waals surface area contributed by atoms with Crippen LogP contribution in [0.4, 0.5) is 5.69 Å². The lowest BCUT2D eigenvalue weighted by atomic mass is 10.1. The highest BCUT2D eigenvalue weighted by molar-refractivity contribution is 7.99. The molecule has 0 aliphatic carbocycles. The van der Waals surface area contributed by atoms with E-state index in [4.69, 9.17) is 16.3 Å². The van der Waals surface area contributed by atoms with Gasteiger partial charge in [-0.25, -0.2) is 4.79 Å². The Morgan fingerprint density at radius 3 is 2.54 bits per heavy atom. The summed E-state index contributed by atoms with van der Waals surface area (Å²) in [5.41, 5.74) is 2.88. The predicted molar refractivity (Wildman–Crippen MR) is 98.8 cm³/mol. The van der Waals surface area contributed by atoms with Gasteiger partial charge in [0.15, 0.2) is 0 Å². The van der Waals surface area contributed by atoms with Gasteiger partial charge in [-0.1, -0.05) is 29.8 Å².